The molecule has 19 heavy (non-hydrogen) atoms. The molecular weight excluding hydrogens is 260 g/mol. The van der Waals surface area contributed by atoms with Crippen molar-refractivity contribution in [2.75, 3.05) is 0 Å². The quantitative estimate of drug-likeness (QED) is 0.883. The first-order valence-electron chi connectivity index (χ1n) is 6.02. The molecule has 1 unspecified atom stereocenters. The maximum atomic E-state index is 6.00. The monoisotopic (exact) mass is 272 g/mol. The Morgan fingerprint density at radius 3 is 3.16 bits per heavy atom. The van der Waals surface area contributed by atoms with Gasteiger partial charge in [-0.15, -0.1) is 0 Å². The van der Waals surface area contributed by atoms with Crippen LogP contribution in [-0.2, 0) is 6.42 Å². The van der Waals surface area contributed by atoms with Crippen LogP contribution in [0.25, 0.3) is 11.0 Å². The zero-order valence-corrected chi connectivity index (χ0v) is 10.9. The number of aliphatic imine (C=N–C) groups is 1. The molecule has 4 nitrogen and oxygen atoms in total. The number of halogens is 1. The first kappa shape index (κ1) is 12.0. The summed E-state index contributed by atoms with van der Waals surface area (Å²) in [6, 6.07) is 1.94. The molecule has 96 valence electrons. The zero-order chi connectivity index (χ0) is 13.2. The van der Waals surface area contributed by atoms with E-state index in [-0.39, 0.29) is 5.92 Å². The fraction of sp³-hybridized carbons (Fsp3) is 0.143. The molecule has 2 aromatic rings. The van der Waals surface area contributed by atoms with Crippen molar-refractivity contribution in [3.63, 3.8) is 0 Å². The number of pyridine rings is 1. The first-order chi connectivity index (χ1) is 9.22. The van der Waals surface area contributed by atoms with Gasteiger partial charge in [0, 0.05) is 29.9 Å². The van der Waals surface area contributed by atoms with Gasteiger partial charge < -0.3 is 10.7 Å². The Kier molecular flexibility index (Phi) is 3.09. The van der Waals surface area contributed by atoms with E-state index in [4.69, 9.17) is 17.3 Å². The number of hydrogen-bond donors (Lipinski definition) is 2. The number of nitrogens with one attached hydrogen (secondary N) is 1. The highest BCUT2D eigenvalue weighted by Crippen LogP contribution is 2.23. The van der Waals surface area contributed by atoms with Gasteiger partial charge in [0.1, 0.15) is 11.5 Å². The predicted octanol–water partition coefficient (Wildman–Crippen LogP) is 2.82. The maximum absolute atomic E-state index is 6.00. The molecule has 0 fully saturated rings. The second-order valence-electron chi connectivity index (χ2n) is 4.49. The third-order valence-corrected chi connectivity index (χ3v) is 3.32. The number of rotatable bonds is 2. The van der Waals surface area contributed by atoms with E-state index < -0.39 is 0 Å². The van der Waals surface area contributed by atoms with Crippen LogP contribution in [0.2, 0.25) is 5.02 Å². The van der Waals surface area contributed by atoms with Crippen molar-refractivity contribution in [2.45, 2.75) is 6.42 Å². The van der Waals surface area contributed by atoms with E-state index in [0.717, 1.165) is 17.5 Å². The second kappa shape index (κ2) is 4.90. The van der Waals surface area contributed by atoms with Crippen LogP contribution < -0.4 is 5.73 Å². The lowest BCUT2D eigenvalue weighted by atomic mass is 9.99. The Labute approximate surface area is 115 Å². The predicted molar refractivity (Wildman–Crippen MR) is 78.2 cm³/mol. The Bertz CT molecular complexity index is 697. The molecule has 3 rings (SSSR count). The minimum atomic E-state index is 0.266. The van der Waals surface area contributed by atoms with Crippen LogP contribution >= 0.6 is 11.6 Å². The molecule has 0 bridgehead atoms. The number of nitrogens with two attached hydrogens (primary N) is 1. The van der Waals surface area contributed by atoms with E-state index in [2.05, 4.69) is 21.0 Å². The summed E-state index contributed by atoms with van der Waals surface area (Å²) < 4.78 is 0. The molecule has 0 aliphatic carbocycles. The fourth-order valence-corrected chi connectivity index (χ4v) is 2.32. The Balaban J connectivity index is 1.90. The summed E-state index contributed by atoms with van der Waals surface area (Å²) in [4.78, 5) is 11.5. The number of fused-ring (bicyclic) bond motifs is 1. The summed E-state index contributed by atoms with van der Waals surface area (Å²) >= 11 is 6.00. The summed E-state index contributed by atoms with van der Waals surface area (Å²) in [5.41, 5.74) is 7.70. The second-order valence-corrected chi connectivity index (χ2v) is 4.92. The highest BCUT2D eigenvalue weighted by Gasteiger charge is 2.10. The summed E-state index contributed by atoms with van der Waals surface area (Å²) in [5.74, 6) is 0.796. The van der Waals surface area contributed by atoms with E-state index in [1.165, 1.54) is 5.56 Å². The number of H-pyrrole nitrogens is 1. The van der Waals surface area contributed by atoms with Crippen LogP contribution in [0, 0.1) is 5.92 Å². The minimum absolute atomic E-state index is 0.266. The molecule has 0 amide bonds. The molecule has 1 aliphatic rings. The average Bonchev–Trinajstić information content (AvgIpc) is 2.66. The van der Waals surface area contributed by atoms with E-state index in [9.17, 15) is 0 Å². The van der Waals surface area contributed by atoms with E-state index in [0.29, 0.717) is 10.9 Å². The van der Waals surface area contributed by atoms with Gasteiger partial charge in [0.15, 0.2) is 0 Å². The zero-order valence-electron chi connectivity index (χ0n) is 10.2. The van der Waals surface area contributed by atoms with E-state index in [1.54, 1.807) is 12.4 Å². The summed E-state index contributed by atoms with van der Waals surface area (Å²) in [6.45, 7) is 0. The van der Waals surface area contributed by atoms with Crippen molar-refractivity contribution >= 4 is 28.5 Å². The average molecular weight is 273 g/mol. The lowest BCUT2D eigenvalue weighted by molar-refractivity contribution is 0.810. The molecule has 3 N–H and O–H groups in total. The molecule has 5 heteroatoms. The van der Waals surface area contributed by atoms with Crippen molar-refractivity contribution in [3.8, 4) is 0 Å². The highest BCUT2D eigenvalue weighted by atomic mass is 35.5. The smallest absolute Gasteiger partial charge is 0.137 e. The van der Waals surface area contributed by atoms with Crippen LogP contribution in [0.15, 0.2) is 47.9 Å². The SMILES string of the molecule is NC1=NC=CC(Cc2c[nH]c3ncc(Cl)cc23)C=C1. The first-order valence-corrected chi connectivity index (χ1v) is 6.40. The summed E-state index contributed by atoms with van der Waals surface area (Å²) in [6.07, 6.45) is 12.2. The van der Waals surface area contributed by atoms with Crippen LogP contribution in [0.5, 0.6) is 0 Å². The number of hydrogen-bond acceptors (Lipinski definition) is 3. The Morgan fingerprint density at radius 1 is 1.37 bits per heavy atom. The number of aromatic amines is 1. The third kappa shape index (κ3) is 2.53. The lowest BCUT2D eigenvalue weighted by Gasteiger charge is -2.05. The minimum Gasteiger partial charge on any atom is -0.384 e. The van der Waals surface area contributed by atoms with Crippen molar-refractivity contribution in [1.82, 2.24) is 9.97 Å². The van der Waals surface area contributed by atoms with Gasteiger partial charge in [0.2, 0.25) is 0 Å². The fourth-order valence-electron chi connectivity index (χ4n) is 2.16. The van der Waals surface area contributed by atoms with Crippen LogP contribution in [0.3, 0.4) is 0 Å². The van der Waals surface area contributed by atoms with Crippen molar-refractivity contribution < 1.29 is 0 Å². The molecule has 3 heterocycles. The van der Waals surface area contributed by atoms with Gasteiger partial charge in [-0.25, -0.2) is 9.98 Å². The molecule has 0 spiro atoms. The van der Waals surface area contributed by atoms with Gasteiger partial charge >= 0.3 is 0 Å². The third-order valence-electron chi connectivity index (χ3n) is 3.11. The molecule has 0 saturated carbocycles. The topological polar surface area (TPSA) is 67.1 Å². The van der Waals surface area contributed by atoms with Crippen LogP contribution in [0.4, 0.5) is 0 Å². The van der Waals surface area contributed by atoms with Gasteiger partial charge in [-0.3, -0.25) is 0 Å². The standard InChI is InChI=1S/C14H13ClN4/c15-11-6-12-10(7-18-14(12)19-8-11)5-9-1-2-13(16)17-4-3-9/h1-4,6-9H,5H2,(H2,16,17)(H,18,19). The molecule has 1 atom stereocenters. The molecule has 0 saturated heterocycles. The normalized spacial score (nSPS) is 18.6. The highest BCUT2D eigenvalue weighted by molar-refractivity contribution is 6.31. The molecular formula is C14H13ClN4. The van der Waals surface area contributed by atoms with E-state index in [1.807, 2.05) is 24.4 Å². The van der Waals surface area contributed by atoms with Crippen molar-refractivity contribution in [2.24, 2.45) is 16.6 Å². The largest absolute Gasteiger partial charge is 0.384 e. The number of nitrogens with zero attached hydrogens (tertiary/aromatic N) is 2. The van der Waals surface area contributed by atoms with Gasteiger partial charge in [-0.2, -0.15) is 0 Å². The number of allylic oxidation sites excluding steroid dienone is 2. The van der Waals surface area contributed by atoms with Gasteiger partial charge in [0.25, 0.3) is 0 Å². The van der Waals surface area contributed by atoms with Crippen LogP contribution in [0.1, 0.15) is 5.56 Å². The summed E-state index contributed by atoms with van der Waals surface area (Å²) in [7, 11) is 0. The molecule has 0 radical (unpaired) electrons. The van der Waals surface area contributed by atoms with Gasteiger partial charge in [-0.05, 0) is 24.1 Å². The summed E-state index contributed by atoms with van der Waals surface area (Å²) in [5, 5.41) is 1.71. The molecule has 0 aromatic carbocycles. The maximum Gasteiger partial charge on any atom is 0.137 e. The van der Waals surface area contributed by atoms with Crippen molar-refractivity contribution in [3.05, 3.63) is 53.5 Å². The van der Waals surface area contributed by atoms with E-state index >= 15 is 0 Å². The van der Waals surface area contributed by atoms with Crippen molar-refractivity contribution in [1.29, 1.82) is 0 Å². The number of aromatic nitrogens is 2. The Morgan fingerprint density at radius 2 is 2.26 bits per heavy atom. The number of amidine groups is 1. The van der Waals surface area contributed by atoms with Gasteiger partial charge in [-0.1, -0.05) is 23.8 Å². The lowest BCUT2D eigenvalue weighted by Crippen LogP contribution is -2.06. The Hall–Kier alpha value is -2.07. The van der Waals surface area contributed by atoms with Crippen LogP contribution in [-0.4, -0.2) is 15.8 Å². The molecule has 2 aromatic heterocycles. The van der Waals surface area contributed by atoms with Gasteiger partial charge in [0.05, 0.1) is 5.02 Å². The molecule has 1 aliphatic heterocycles.